The average Bonchev–Trinajstić information content (AvgIpc) is 2.84. The summed E-state index contributed by atoms with van der Waals surface area (Å²) in [7, 11) is -3.78. The fraction of sp³-hybridized carbons (Fsp3) is 0.481. The van der Waals surface area contributed by atoms with Crippen LogP contribution in [0.5, 0.6) is 5.75 Å². The smallest absolute Gasteiger partial charge is 0.244 e. The van der Waals surface area contributed by atoms with E-state index in [1.165, 1.54) is 4.90 Å². The van der Waals surface area contributed by atoms with E-state index in [-0.39, 0.29) is 12.5 Å². The molecule has 2 rings (SSSR count). The standard InChI is InChI=1S/C27H39N3O5S/c1-6-9-18-28-27(32)25(7-2)29(19-22-12-10-21(4)11-13-22)26(31)20-30(36(5,33)34)23-14-16-24(17-15-23)35-8-3/h10-17,25H,6-9,18-20H2,1-5H3,(H,28,32)/t25-/m1/s1. The molecule has 0 heterocycles. The Morgan fingerprint density at radius 2 is 1.64 bits per heavy atom. The number of hydrogen-bond donors (Lipinski definition) is 1. The van der Waals surface area contributed by atoms with Crippen LogP contribution in [-0.4, -0.2) is 57.1 Å². The lowest BCUT2D eigenvalue weighted by Crippen LogP contribution is -2.52. The van der Waals surface area contributed by atoms with Gasteiger partial charge < -0.3 is 15.0 Å². The van der Waals surface area contributed by atoms with Gasteiger partial charge in [-0.05, 0) is 56.5 Å². The van der Waals surface area contributed by atoms with Gasteiger partial charge in [-0.15, -0.1) is 0 Å². The van der Waals surface area contributed by atoms with Crippen molar-refractivity contribution >= 4 is 27.5 Å². The number of nitrogens with one attached hydrogen (secondary N) is 1. The number of benzene rings is 2. The first kappa shape index (κ1) is 29.2. The van der Waals surface area contributed by atoms with E-state index in [0.29, 0.717) is 31.0 Å². The van der Waals surface area contributed by atoms with Gasteiger partial charge in [0.05, 0.1) is 18.6 Å². The van der Waals surface area contributed by atoms with E-state index >= 15 is 0 Å². The van der Waals surface area contributed by atoms with Crippen LogP contribution in [0.1, 0.15) is 51.2 Å². The number of anilines is 1. The van der Waals surface area contributed by atoms with Crippen molar-refractivity contribution in [2.24, 2.45) is 0 Å². The van der Waals surface area contributed by atoms with Crippen molar-refractivity contribution in [3.05, 3.63) is 59.7 Å². The van der Waals surface area contributed by atoms with Crippen molar-refractivity contribution in [3.63, 3.8) is 0 Å². The Balaban J connectivity index is 2.37. The Hall–Kier alpha value is -3.07. The maximum atomic E-state index is 13.7. The van der Waals surface area contributed by atoms with Crippen LogP contribution in [0.3, 0.4) is 0 Å². The molecule has 9 heteroatoms. The molecule has 1 atom stereocenters. The van der Waals surface area contributed by atoms with Crippen LogP contribution in [0.15, 0.2) is 48.5 Å². The Labute approximate surface area is 215 Å². The van der Waals surface area contributed by atoms with E-state index in [0.717, 1.165) is 34.5 Å². The summed E-state index contributed by atoms with van der Waals surface area (Å²) in [6.07, 6.45) is 3.25. The van der Waals surface area contributed by atoms with Crippen LogP contribution in [0, 0.1) is 6.92 Å². The first-order chi connectivity index (χ1) is 17.1. The number of carbonyl (C=O) groups excluding carboxylic acids is 2. The summed E-state index contributed by atoms with van der Waals surface area (Å²) in [5.74, 6) is -0.0809. The lowest BCUT2D eigenvalue weighted by molar-refractivity contribution is -0.140. The van der Waals surface area contributed by atoms with Crippen LogP contribution < -0.4 is 14.4 Å². The molecule has 0 aliphatic carbocycles. The number of nitrogens with zero attached hydrogens (tertiary/aromatic N) is 2. The van der Waals surface area contributed by atoms with Crippen LogP contribution in [-0.2, 0) is 26.2 Å². The van der Waals surface area contributed by atoms with Gasteiger partial charge in [-0.1, -0.05) is 50.1 Å². The fourth-order valence-corrected chi connectivity index (χ4v) is 4.65. The average molecular weight is 518 g/mol. The van der Waals surface area contributed by atoms with Gasteiger partial charge in [-0.3, -0.25) is 13.9 Å². The molecular formula is C27H39N3O5S. The minimum Gasteiger partial charge on any atom is -0.494 e. The first-order valence-corrected chi connectivity index (χ1v) is 14.3. The predicted octanol–water partition coefficient (Wildman–Crippen LogP) is 3.88. The summed E-state index contributed by atoms with van der Waals surface area (Å²) in [4.78, 5) is 28.2. The molecular weight excluding hydrogens is 478 g/mol. The van der Waals surface area contributed by atoms with Gasteiger partial charge in [0.15, 0.2) is 0 Å². The minimum absolute atomic E-state index is 0.194. The summed E-state index contributed by atoms with van der Waals surface area (Å²) in [6.45, 7) is 8.51. The highest BCUT2D eigenvalue weighted by atomic mass is 32.2. The van der Waals surface area contributed by atoms with Crippen LogP contribution in [0.2, 0.25) is 0 Å². The van der Waals surface area contributed by atoms with Gasteiger partial charge in [-0.25, -0.2) is 8.42 Å². The molecule has 0 aliphatic heterocycles. The third-order valence-corrected chi connectivity index (χ3v) is 6.94. The van der Waals surface area contributed by atoms with Gasteiger partial charge in [0, 0.05) is 13.1 Å². The molecule has 0 saturated heterocycles. The largest absolute Gasteiger partial charge is 0.494 e. The second-order valence-electron chi connectivity index (χ2n) is 8.77. The van der Waals surface area contributed by atoms with E-state index < -0.39 is 28.5 Å². The molecule has 2 aromatic rings. The number of amides is 2. The molecule has 8 nitrogen and oxygen atoms in total. The number of hydrogen-bond acceptors (Lipinski definition) is 5. The number of sulfonamides is 1. The topological polar surface area (TPSA) is 96.0 Å². The normalized spacial score (nSPS) is 12.0. The molecule has 0 bridgehead atoms. The Morgan fingerprint density at radius 3 is 2.17 bits per heavy atom. The Bertz CT molecular complexity index is 1090. The summed E-state index contributed by atoms with van der Waals surface area (Å²) in [5.41, 5.74) is 2.30. The van der Waals surface area contributed by atoms with E-state index in [1.807, 2.05) is 52.0 Å². The van der Waals surface area contributed by atoms with Crippen molar-refractivity contribution in [2.45, 2.75) is 59.5 Å². The molecule has 0 aliphatic rings. The quantitative estimate of drug-likeness (QED) is 0.384. The molecule has 2 aromatic carbocycles. The molecule has 0 saturated carbocycles. The van der Waals surface area contributed by atoms with Gasteiger partial charge in [0.1, 0.15) is 18.3 Å². The third-order valence-electron chi connectivity index (χ3n) is 5.80. The SMILES string of the molecule is CCCCNC(=O)[C@@H](CC)N(Cc1ccc(C)cc1)C(=O)CN(c1ccc(OCC)cc1)S(C)(=O)=O. The van der Waals surface area contributed by atoms with Crippen LogP contribution >= 0.6 is 0 Å². The summed E-state index contributed by atoms with van der Waals surface area (Å²) in [6, 6.07) is 13.6. The van der Waals surface area contributed by atoms with Crippen molar-refractivity contribution < 1.29 is 22.7 Å². The molecule has 2 amide bonds. The second-order valence-corrected chi connectivity index (χ2v) is 10.7. The Kier molecular flexibility index (Phi) is 11.2. The summed E-state index contributed by atoms with van der Waals surface area (Å²) in [5, 5.41) is 2.92. The molecule has 0 fully saturated rings. The highest BCUT2D eigenvalue weighted by molar-refractivity contribution is 7.92. The van der Waals surface area contributed by atoms with E-state index in [9.17, 15) is 18.0 Å². The number of carbonyl (C=O) groups is 2. The zero-order valence-electron chi connectivity index (χ0n) is 22.0. The maximum absolute atomic E-state index is 13.7. The molecule has 36 heavy (non-hydrogen) atoms. The van der Waals surface area contributed by atoms with Gasteiger partial charge >= 0.3 is 0 Å². The van der Waals surface area contributed by atoms with Gasteiger partial charge in [0.2, 0.25) is 21.8 Å². The number of rotatable bonds is 14. The number of unbranched alkanes of at least 4 members (excludes halogenated alkanes) is 1. The highest BCUT2D eigenvalue weighted by Gasteiger charge is 2.31. The molecule has 0 radical (unpaired) electrons. The molecule has 0 aromatic heterocycles. The first-order valence-electron chi connectivity index (χ1n) is 12.4. The monoisotopic (exact) mass is 517 g/mol. The minimum atomic E-state index is -3.78. The van der Waals surface area contributed by atoms with Crippen molar-refractivity contribution in [3.8, 4) is 5.75 Å². The molecule has 198 valence electrons. The summed E-state index contributed by atoms with van der Waals surface area (Å²) >= 11 is 0. The third kappa shape index (κ3) is 8.55. The number of aryl methyl sites for hydroxylation is 1. The second kappa shape index (κ2) is 13.9. The Morgan fingerprint density at radius 1 is 1.00 bits per heavy atom. The van der Waals surface area contributed by atoms with E-state index in [1.54, 1.807) is 24.3 Å². The predicted molar refractivity (Wildman–Crippen MR) is 144 cm³/mol. The van der Waals surface area contributed by atoms with Gasteiger partial charge in [-0.2, -0.15) is 0 Å². The lowest BCUT2D eigenvalue weighted by atomic mass is 10.1. The zero-order valence-corrected chi connectivity index (χ0v) is 22.8. The zero-order chi connectivity index (χ0) is 26.7. The molecule has 0 unspecified atom stereocenters. The van der Waals surface area contributed by atoms with Gasteiger partial charge in [0.25, 0.3) is 0 Å². The van der Waals surface area contributed by atoms with Crippen LogP contribution in [0.25, 0.3) is 0 Å². The van der Waals surface area contributed by atoms with E-state index in [2.05, 4.69) is 5.32 Å². The molecule has 0 spiro atoms. The van der Waals surface area contributed by atoms with E-state index in [4.69, 9.17) is 4.74 Å². The van der Waals surface area contributed by atoms with Crippen molar-refractivity contribution in [1.29, 1.82) is 0 Å². The number of ether oxygens (including phenoxy) is 1. The van der Waals surface area contributed by atoms with Crippen LogP contribution in [0.4, 0.5) is 5.69 Å². The van der Waals surface area contributed by atoms with Crippen molar-refractivity contribution in [1.82, 2.24) is 10.2 Å². The maximum Gasteiger partial charge on any atom is 0.244 e. The molecule has 1 N–H and O–H groups in total. The summed E-state index contributed by atoms with van der Waals surface area (Å²) < 4.78 is 31.9. The highest BCUT2D eigenvalue weighted by Crippen LogP contribution is 2.23. The fourth-order valence-electron chi connectivity index (χ4n) is 3.80. The lowest BCUT2D eigenvalue weighted by Gasteiger charge is -2.33. The van der Waals surface area contributed by atoms with Crippen molar-refractivity contribution in [2.75, 3.05) is 30.3 Å².